The Labute approximate surface area is 108 Å². The van der Waals surface area contributed by atoms with E-state index in [1.54, 1.807) is 6.08 Å². The zero-order chi connectivity index (χ0) is 14.2. The highest BCUT2D eigenvalue weighted by molar-refractivity contribution is 4.51. The number of hydrogen-bond acceptors (Lipinski definition) is 0. The first kappa shape index (κ1) is 29.6. The molecule has 0 radical (unpaired) electrons. The molecule has 0 aliphatic rings. The van der Waals surface area contributed by atoms with Crippen LogP contribution in [0.15, 0.2) is 12.7 Å². The maximum atomic E-state index is 3.36. The van der Waals surface area contributed by atoms with Gasteiger partial charge in [0.05, 0.1) is 0 Å². The second-order valence-corrected chi connectivity index (χ2v) is 2.76. The fourth-order valence-electron chi connectivity index (χ4n) is 0.354. The van der Waals surface area contributed by atoms with Crippen molar-refractivity contribution in [2.75, 3.05) is 0 Å². The Hall–Kier alpha value is -0.260. The predicted octanol–water partition coefficient (Wildman–Crippen LogP) is 7.25. The van der Waals surface area contributed by atoms with Gasteiger partial charge in [0.2, 0.25) is 0 Å². The summed E-state index contributed by atoms with van der Waals surface area (Å²) in [5, 5.41) is 0. The smallest absolute Gasteiger partial charge is 0.0473 e. The molecule has 0 aromatic carbocycles. The van der Waals surface area contributed by atoms with E-state index in [9.17, 15) is 0 Å². The van der Waals surface area contributed by atoms with Crippen molar-refractivity contribution < 1.29 is 0 Å². The van der Waals surface area contributed by atoms with E-state index in [0.29, 0.717) is 0 Å². The number of rotatable bonds is 3. The molecule has 0 rings (SSSR count). The molecule has 0 amide bonds. The largest absolute Gasteiger partial charge is 0.103 e. The van der Waals surface area contributed by atoms with E-state index in [4.69, 9.17) is 0 Å². The summed E-state index contributed by atoms with van der Waals surface area (Å²) in [5.74, 6) is 0. The van der Waals surface area contributed by atoms with Crippen molar-refractivity contribution >= 4 is 0 Å². The third kappa shape index (κ3) is 297. The van der Waals surface area contributed by atoms with Gasteiger partial charge < -0.3 is 0 Å². The van der Waals surface area contributed by atoms with E-state index in [1.807, 2.05) is 34.6 Å². The van der Waals surface area contributed by atoms with Gasteiger partial charge in [-0.25, -0.2) is 0 Å². The lowest BCUT2D eigenvalue weighted by Gasteiger charge is -1.79. The topological polar surface area (TPSA) is 0 Å². The van der Waals surface area contributed by atoms with Crippen LogP contribution in [0.5, 0.6) is 0 Å². The molecule has 0 atom stereocenters. The van der Waals surface area contributed by atoms with Crippen LogP contribution in [-0.4, -0.2) is 0 Å². The van der Waals surface area contributed by atoms with Crippen LogP contribution < -0.4 is 0 Å². The summed E-state index contributed by atoms with van der Waals surface area (Å²) in [7, 11) is 0. The van der Waals surface area contributed by atoms with Crippen molar-refractivity contribution in [2.45, 2.75) is 94.4 Å². The van der Waals surface area contributed by atoms with Crippen LogP contribution in [0.1, 0.15) is 94.4 Å². The zero-order valence-corrected chi connectivity index (χ0v) is 13.8. The second kappa shape index (κ2) is 84.5. The lowest BCUT2D eigenvalue weighted by atomic mass is 10.3. The molecule has 0 aliphatic carbocycles. The van der Waals surface area contributed by atoms with Crippen LogP contribution in [0.2, 0.25) is 0 Å². The van der Waals surface area contributed by atoms with E-state index >= 15 is 0 Å². The summed E-state index contributed by atoms with van der Waals surface area (Å²) in [6.45, 7) is 22.0. The maximum Gasteiger partial charge on any atom is -0.0473 e. The molecule has 0 unspecified atom stereocenters. The third-order valence-corrected chi connectivity index (χ3v) is 1.21. The molecular formula is C16H40. The predicted molar refractivity (Wildman–Crippen MR) is 84.3 cm³/mol. The minimum absolute atomic E-state index is 1.32. The number of unbranched alkanes of at least 4 members (excludes halogenated alkanes) is 3. The van der Waals surface area contributed by atoms with Gasteiger partial charge in [-0.05, 0) is 6.92 Å². The minimum atomic E-state index is 1.32. The summed E-state index contributed by atoms with van der Waals surface area (Å²) >= 11 is 0. The van der Waals surface area contributed by atoms with Crippen molar-refractivity contribution in [1.82, 2.24) is 0 Å². The SMILES string of the molecule is C=CC.CC.CC.CCCC.CCCCC. The van der Waals surface area contributed by atoms with Gasteiger partial charge in [-0.3, -0.25) is 0 Å². The molecule has 0 aromatic rings. The maximum absolute atomic E-state index is 3.36. The Morgan fingerprint density at radius 2 is 0.875 bits per heavy atom. The highest BCUT2D eigenvalue weighted by Crippen LogP contribution is 1.88. The Morgan fingerprint density at radius 3 is 0.875 bits per heavy atom. The number of allylic oxidation sites excluding steroid dienone is 1. The van der Waals surface area contributed by atoms with Gasteiger partial charge in [-0.2, -0.15) is 0 Å². The van der Waals surface area contributed by atoms with Crippen LogP contribution in [0, 0.1) is 0 Å². The molecule has 0 aliphatic heterocycles. The summed E-state index contributed by atoms with van der Waals surface area (Å²) < 4.78 is 0. The molecule has 0 bridgehead atoms. The Balaban J connectivity index is -0.0000000334. The first-order chi connectivity index (χ1) is 7.74. The molecule has 0 fully saturated rings. The van der Waals surface area contributed by atoms with Gasteiger partial charge in [0.15, 0.2) is 0 Å². The zero-order valence-electron chi connectivity index (χ0n) is 13.8. The van der Waals surface area contributed by atoms with Crippen LogP contribution >= 0.6 is 0 Å². The van der Waals surface area contributed by atoms with Crippen LogP contribution in [0.4, 0.5) is 0 Å². The molecule has 104 valence electrons. The Kier molecular flexibility index (Phi) is 157. The highest BCUT2D eigenvalue weighted by Gasteiger charge is 1.68. The average Bonchev–Trinajstić information content (AvgIpc) is 2.36. The van der Waals surface area contributed by atoms with Crippen molar-refractivity contribution in [1.29, 1.82) is 0 Å². The lowest BCUT2D eigenvalue weighted by molar-refractivity contribution is 0.772. The summed E-state index contributed by atoms with van der Waals surface area (Å²) in [6.07, 6.45) is 8.47. The van der Waals surface area contributed by atoms with Crippen molar-refractivity contribution in [2.24, 2.45) is 0 Å². The van der Waals surface area contributed by atoms with E-state index in [2.05, 4.69) is 34.3 Å². The van der Waals surface area contributed by atoms with Crippen LogP contribution in [-0.2, 0) is 0 Å². The van der Waals surface area contributed by atoms with E-state index < -0.39 is 0 Å². The van der Waals surface area contributed by atoms with Gasteiger partial charge in [0, 0.05) is 0 Å². The molecule has 0 N–H and O–H groups in total. The third-order valence-electron chi connectivity index (χ3n) is 1.21. The van der Waals surface area contributed by atoms with Gasteiger partial charge in [0.1, 0.15) is 0 Å². The standard InChI is InChI=1S/C5H12.C4H10.C3H6.2C2H6/c1-3-5-4-2;1-3-4-2;1-3-2;2*1-2/h3-5H2,1-2H3;3-4H2,1-2H3;3H,1H2,2H3;2*1-2H3. The molecule has 0 spiro atoms. The summed E-state index contributed by atoms with van der Waals surface area (Å²) in [6, 6.07) is 0. The monoisotopic (exact) mass is 232 g/mol. The fraction of sp³-hybridized carbons (Fsp3) is 0.875. The Morgan fingerprint density at radius 1 is 0.688 bits per heavy atom. The summed E-state index contributed by atoms with van der Waals surface area (Å²) in [5.41, 5.74) is 0. The molecular weight excluding hydrogens is 192 g/mol. The van der Waals surface area contributed by atoms with Crippen molar-refractivity contribution in [3.8, 4) is 0 Å². The van der Waals surface area contributed by atoms with Crippen molar-refractivity contribution in [3.05, 3.63) is 12.7 Å². The van der Waals surface area contributed by atoms with Gasteiger partial charge in [-0.15, -0.1) is 6.58 Å². The molecule has 16 heavy (non-hydrogen) atoms. The molecule has 0 aromatic heterocycles. The first-order valence-corrected chi connectivity index (χ1v) is 7.31. The number of hydrogen-bond donors (Lipinski definition) is 0. The van der Waals surface area contributed by atoms with Gasteiger partial charge in [-0.1, -0.05) is 93.6 Å². The minimum Gasteiger partial charge on any atom is -0.103 e. The normalized spacial score (nSPS) is 6.06. The van der Waals surface area contributed by atoms with E-state index in [-0.39, 0.29) is 0 Å². The lowest BCUT2D eigenvalue weighted by Crippen LogP contribution is -1.59. The molecule has 0 heterocycles. The van der Waals surface area contributed by atoms with E-state index in [0.717, 1.165) is 0 Å². The molecule has 0 saturated carbocycles. The van der Waals surface area contributed by atoms with E-state index in [1.165, 1.54) is 32.1 Å². The average molecular weight is 232 g/mol. The van der Waals surface area contributed by atoms with Gasteiger partial charge >= 0.3 is 0 Å². The molecule has 0 nitrogen and oxygen atoms in total. The van der Waals surface area contributed by atoms with Crippen LogP contribution in [0.3, 0.4) is 0 Å². The highest BCUT2D eigenvalue weighted by atomic mass is 13.7. The van der Waals surface area contributed by atoms with Crippen LogP contribution in [0.25, 0.3) is 0 Å². The Bertz CT molecular complexity index is 42.0. The summed E-state index contributed by atoms with van der Waals surface area (Å²) in [4.78, 5) is 0. The quantitative estimate of drug-likeness (QED) is 0.450. The second-order valence-electron chi connectivity index (χ2n) is 2.76. The van der Waals surface area contributed by atoms with Crippen molar-refractivity contribution in [3.63, 3.8) is 0 Å². The molecule has 0 saturated heterocycles. The first-order valence-electron chi connectivity index (χ1n) is 7.31. The fourth-order valence-corrected chi connectivity index (χ4v) is 0.354. The van der Waals surface area contributed by atoms with Gasteiger partial charge in [0.25, 0.3) is 0 Å². The molecule has 0 heteroatoms.